The minimum absolute atomic E-state index is 0.0978. The van der Waals surface area contributed by atoms with Gasteiger partial charge in [0.15, 0.2) is 0 Å². The zero-order chi connectivity index (χ0) is 15.7. The van der Waals surface area contributed by atoms with Crippen LogP contribution in [0.25, 0.3) is 0 Å². The summed E-state index contributed by atoms with van der Waals surface area (Å²) in [5, 5.41) is 0. The van der Waals surface area contributed by atoms with Gasteiger partial charge in [-0.05, 0) is 25.7 Å². The minimum Gasteiger partial charge on any atom is -0.356 e. The van der Waals surface area contributed by atoms with Crippen LogP contribution in [0.2, 0.25) is 0 Å². The molecule has 0 bridgehead atoms. The molecule has 0 aromatic carbocycles. The molecule has 0 radical (unpaired) electrons. The molecule has 1 spiro atoms. The molecule has 3 rings (SSSR count). The highest BCUT2D eigenvalue weighted by Crippen LogP contribution is 2.41. The summed E-state index contributed by atoms with van der Waals surface area (Å²) < 4.78 is 0. The first-order chi connectivity index (χ1) is 10.6. The second kappa shape index (κ2) is 5.86. The molecule has 5 nitrogen and oxygen atoms in total. The Balaban J connectivity index is 1.75. The number of carbonyl (C=O) groups excluding carboxylic acids is 1. The third-order valence-corrected chi connectivity index (χ3v) is 5.26. The zero-order valence-electron chi connectivity index (χ0n) is 13.9. The molecule has 1 amide bonds. The van der Waals surface area contributed by atoms with Crippen LogP contribution >= 0.6 is 0 Å². The van der Waals surface area contributed by atoms with Crippen molar-refractivity contribution in [3.63, 3.8) is 0 Å². The maximum atomic E-state index is 12.4. The molecular weight excluding hydrogens is 276 g/mol. The van der Waals surface area contributed by atoms with Gasteiger partial charge in [0.2, 0.25) is 5.91 Å². The van der Waals surface area contributed by atoms with Gasteiger partial charge in [0.25, 0.3) is 0 Å². The lowest BCUT2D eigenvalue weighted by Crippen LogP contribution is -2.44. The zero-order valence-corrected chi connectivity index (χ0v) is 13.9. The normalized spacial score (nSPS) is 21.0. The Bertz CT molecular complexity index is 542. The van der Waals surface area contributed by atoms with Crippen LogP contribution in [0.3, 0.4) is 0 Å². The number of anilines is 1. The molecule has 0 N–H and O–H groups in total. The summed E-state index contributed by atoms with van der Waals surface area (Å²) in [6.07, 6.45) is 4.71. The fraction of sp³-hybridized carbons (Fsp3) is 0.706. The molecule has 0 unspecified atom stereocenters. The number of aryl methyl sites for hydroxylation is 2. The maximum Gasteiger partial charge on any atom is 0.228 e. The number of hydrogen-bond acceptors (Lipinski definition) is 4. The number of rotatable bonds is 3. The number of aromatic nitrogens is 2. The van der Waals surface area contributed by atoms with Gasteiger partial charge in [0.1, 0.15) is 11.6 Å². The van der Waals surface area contributed by atoms with Gasteiger partial charge in [-0.3, -0.25) is 4.79 Å². The van der Waals surface area contributed by atoms with Crippen molar-refractivity contribution in [3.05, 3.63) is 17.6 Å². The molecule has 2 aliphatic rings. The molecular formula is C17H26N4O. The lowest BCUT2D eigenvalue weighted by Gasteiger charge is -2.38. The summed E-state index contributed by atoms with van der Waals surface area (Å²) in [5.41, 5.74) is 1.01. The fourth-order valence-corrected chi connectivity index (χ4v) is 3.66. The minimum atomic E-state index is -0.0978. The smallest absolute Gasteiger partial charge is 0.228 e. The highest BCUT2D eigenvalue weighted by atomic mass is 16.2. The van der Waals surface area contributed by atoms with Gasteiger partial charge in [0.05, 0.1) is 5.41 Å². The van der Waals surface area contributed by atoms with Crippen LogP contribution in [0.4, 0.5) is 5.82 Å². The van der Waals surface area contributed by atoms with Gasteiger partial charge in [0, 0.05) is 44.9 Å². The van der Waals surface area contributed by atoms with E-state index >= 15 is 0 Å². The molecule has 3 heterocycles. The summed E-state index contributed by atoms with van der Waals surface area (Å²) in [7, 11) is 1.93. The Morgan fingerprint density at radius 2 is 1.77 bits per heavy atom. The van der Waals surface area contributed by atoms with Gasteiger partial charge in [-0.15, -0.1) is 0 Å². The van der Waals surface area contributed by atoms with E-state index in [9.17, 15) is 4.79 Å². The number of piperidine rings is 1. The summed E-state index contributed by atoms with van der Waals surface area (Å²) in [4.78, 5) is 25.9. The highest BCUT2D eigenvalue weighted by Gasteiger charge is 2.47. The molecule has 0 atom stereocenters. The van der Waals surface area contributed by atoms with Crippen molar-refractivity contribution in [3.8, 4) is 0 Å². The second-order valence-electron chi connectivity index (χ2n) is 6.58. The van der Waals surface area contributed by atoms with Crippen LogP contribution in [0.15, 0.2) is 6.07 Å². The molecule has 0 aliphatic carbocycles. The van der Waals surface area contributed by atoms with Crippen molar-refractivity contribution in [2.24, 2.45) is 5.41 Å². The van der Waals surface area contributed by atoms with Crippen LogP contribution in [-0.4, -0.2) is 47.5 Å². The number of carbonyl (C=O) groups is 1. The van der Waals surface area contributed by atoms with Gasteiger partial charge in [-0.1, -0.05) is 13.8 Å². The van der Waals surface area contributed by atoms with E-state index in [-0.39, 0.29) is 5.41 Å². The summed E-state index contributed by atoms with van der Waals surface area (Å²) in [6, 6.07) is 2.11. The molecule has 22 heavy (non-hydrogen) atoms. The van der Waals surface area contributed by atoms with Crippen LogP contribution in [0.1, 0.15) is 44.6 Å². The number of nitrogens with zero attached hydrogens (tertiary/aromatic N) is 4. The summed E-state index contributed by atoms with van der Waals surface area (Å²) in [6.45, 7) is 6.97. The first kappa shape index (κ1) is 15.3. The van der Waals surface area contributed by atoms with Crippen molar-refractivity contribution in [2.45, 2.75) is 46.0 Å². The molecule has 5 heteroatoms. The summed E-state index contributed by atoms with van der Waals surface area (Å²) >= 11 is 0. The Morgan fingerprint density at radius 1 is 1.09 bits per heavy atom. The number of amides is 1. The average Bonchev–Trinajstić information content (AvgIpc) is 2.84. The highest BCUT2D eigenvalue weighted by molar-refractivity contribution is 5.85. The number of likely N-dealkylation sites (tertiary alicyclic amines) is 1. The first-order valence-corrected chi connectivity index (χ1v) is 8.45. The Kier molecular flexibility index (Phi) is 4.06. The standard InChI is InChI=1S/C17H26N4O/c1-4-13-12-15(19-14(5-2)18-13)21-10-7-17(8-11-21)6-9-20(3)16(17)22/h12H,4-11H2,1-3H3. The monoisotopic (exact) mass is 302 g/mol. The molecule has 2 saturated heterocycles. The van der Waals surface area contributed by atoms with Crippen molar-refractivity contribution < 1.29 is 4.79 Å². The van der Waals surface area contributed by atoms with Crippen LogP contribution < -0.4 is 4.90 Å². The van der Waals surface area contributed by atoms with Gasteiger partial charge in [-0.25, -0.2) is 9.97 Å². The van der Waals surface area contributed by atoms with E-state index in [1.165, 1.54) is 0 Å². The lowest BCUT2D eigenvalue weighted by molar-refractivity contribution is -0.135. The summed E-state index contributed by atoms with van der Waals surface area (Å²) in [5.74, 6) is 2.31. The van der Waals surface area contributed by atoms with Crippen molar-refractivity contribution in [1.29, 1.82) is 0 Å². The van der Waals surface area contributed by atoms with Crippen molar-refractivity contribution in [2.75, 3.05) is 31.6 Å². The van der Waals surface area contributed by atoms with Crippen LogP contribution in [0.5, 0.6) is 0 Å². The second-order valence-corrected chi connectivity index (χ2v) is 6.58. The van der Waals surface area contributed by atoms with Gasteiger partial charge in [-0.2, -0.15) is 0 Å². The Morgan fingerprint density at radius 3 is 2.32 bits per heavy atom. The van der Waals surface area contributed by atoms with Gasteiger partial charge >= 0.3 is 0 Å². The topological polar surface area (TPSA) is 49.3 Å². The predicted octanol–water partition coefficient (Wildman–Crippen LogP) is 2.05. The third kappa shape index (κ3) is 2.57. The Hall–Kier alpha value is -1.65. The first-order valence-electron chi connectivity index (χ1n) is 8.45. The third-order valence-electron chi connectivity index (χ3n) is 5.26. The van der Waals surface area contributed by atoms with E-state index in [4.69, 9.17) is 4.98 Å². The van der Waals surface area contributed by atoms with E-state index in [1.54, 1.807) is 0 Å². The molecule has 2 aliphatic heterocycles. The van der Waals surface area contributed by atoms with E-state index in [0.717, 1.165) is 69.1 Å². The fourth-order valence-electron chi connectivity index (χ4n) is 3.66. The molecule has 120 valence electrons. The SMILES string of the molecule is CCc1cc(N2CCC3(CCN(C)C3=O)CC2)nc(CC)n1. The predicted molar refractivity (Wildman–Crippen MR) is 86.9 cm³/mol. The van der Waals surface area contributed by atoms with E-state index in [1.807, 2.05) is 11.9 Å². The molecule has 1 aromatic rings. The van der Waals surface area contributed by atoms with Crippen molar-refractivity contribution >= 4 is 11.7 Å². The maximum absolute atomic E-state index is 12.4. The number of hydrogen-bond donors (Lipinski definition) is 0. The quantitative estimate of drug-likeness (QED) is 0.857. The van der Waals surface area contributed by atoms with Crippen molar-refractivity contribution in [1.82, 2.24) is 14.9 Å². The van der Waals surface area contributed by atoms with Gasteiger partial charge < -0.3 is 9.80 Å². The molecule has 1 aromatic heterocycles. The Labute approximate surface area is 132 Å². The lowest BCUT2D eigenvalue weighted by atomic mass is 9.77. The van der Waals surface area contributed by atoms with Crippen LogP contribution in [0, 0.1) is 5.41 Å². The molecule has 0 saturated carbocycles. The van der Waals surface area contributed by atoms with E-state index in [2.05, 4.69) is 29.8 Å². The molecule has 2 fully saturated rings. The largest absolute Gasteiger partial charge is 0.356 e. The average molecular weight is 302 g/mol. The van der Waals surface area contributed by atoms with E-state index in [0.29, 0.717) is 5.91 Å². The van der Waals surface area contributed by atoms with Crippen LogP contribution in [-0.2, 0) is 17.6 Å². The van der Waals surface area contributed by atoms with E-state index < -0.39 is 0 Å².